The van der Waals surface area contributed by atoms with Crippen molar-refractivity contribution in [1.82, 2.24) is 28.6 Å². The van der Waals surface area contributed by atoms with E-state index < -0.39 is 5.60 Å². The van der Waals surface area contributed by atoms with Gasteiger partial charge in [-0.3, -0.25) is 4.79 Å². The molecule has 8 nitrogen and oxygen atoms in total. The molecule has 2 aromatic carbocycles. The number of fused-ring (bicyclic) bond motifs is 1. The first kappa shape index (κ1) is 22.1. The number of hydrogen-bond acceptors (Lipinski definition) is 7. The Morgan fingerprint density at radius 1 is 1.21 bits per heavy atom. The van der Waals surface area contributed by atoms with Crippen LogP contribution < -0.4 is 0 Å². The largest absolute Gasteiger partial charge is 0.383 e. The number of nitrogens with zero attached hydrogens (tertiary/aromatic N) is 6. The molecule has 4 aromatic rings. The fourth-order valence-electron chi connectivity index (χ4n) is 4.37. The molecular formula is C23H23BrN6O2S. The second kappa shape index (κ2) is 8.92. The molecule has 0 radical (unpaired) electrons. The number of likely N-dealkylation sites (tertiary alicyclic amines) is 1. The predicted molar refractivity (Wildman–Crippen MR) is 129 cm³/mol. The van der Waals surface area contributed by atoms with E-state index in [1.807, 2.05) is 48.2 Å². The molecule has 3 heterocycles. The third-order valence-corrected chi connectivity index (χ3v) is 7.29. The maximum atomic E-state index is 13.1. The molecule has 0 saturated carbocycles. The van der Waals surface area contributed by atoms with E-state index in [4.69, 9.17) is 0 Å². The average Bonchev–Trinajstić information content (AvgIpc) is 3.43. The lowest BCUT2D eigenvalue weighted by Crippen LogP contribution is -2.34. The van der Waals surface area contributed by atoms with Crippen molar-refractivity contribution in [3.05, 3.63) is 63.9 Å². The van der Waals surface area contributed by atoms with Crippen molar-refractivity contribution in [2.45, 2.75) is 38.2 Å². The van der Waals surface area contributed by atoms with Crippen molar-refractivity contribution in [1.29, 1.82) is 0 Å². The van der Waals surface area contributed by atoms with Gasteiger partial charge in [-0.25, -0.2) is 4.68 Å². The van der Waals surface area contributed by atoms with Gasteiger partial charge in [0.05, 0.1) is 30.0 Å². The van der Waals surface area contributed by atoms with Gasteiger partial charge in [-0.05, 0) is 61.6 Å². The normalized spacial score (nSPS) is 19.1. The Morgan fingerprint density at radius 3 is 2.94 bits per heavy atom. The monoisotopic (exact) mass is 526 g/mol. The first-order valence-electron chi connectivity index (χ1n) is 10.8. The number of aromatic nitrogens is 5. The van der Waals surface area contributed by atoms with Crippen molar-refractivity contribution in [3.63, 3.8) is 0 Å². The van der Waals surface area contributed by atoms with Crippen LogP contribution >= 0.6 is 27.7 Å². The molecule has 0 aliphatic carbocycles. The van der Waals surface area contributed by atoms with E-state index in [1.54, 1.807) is 10.9 Å². The van der Waals surface area contributed by atoms with E-state index in [0.717, 1.165) is 44.0 Å². The van der Waals surface area contributed by atoms with Crippen molar-refractivity contribution in [2.75, 3.05) is 13.1 Å². The molecule has 170 valence electrons. The summed E-state index contributed by atoms with van der Waals surface area (Å²) in [4.78, 5) is 14.9. The van der Waals surface area contributed by atoms with Crippen LogP contribution in [0.1, 0.15) is 36.1 Å². The van der Waals surface area contributed by atoms with Crippen molar-refractivity contribution in [3.8, 4) is 5.69 Å². The Labute approximate surface area is 203 Å². The Kier molecular flexibility index (Phi) is 5.98. The molecule has 2 aromatic heterocycles. The topological polar surface area (TPSA) is 97.0 Å². The number of carbonyl (C=O) groups excluding carboxylic acids is 1. The first-order chi connectivity index (χ1) is 15.9. The summed E-state index contributed by atoms with van der Waals surface area (Å²) in [5.74, 6) is 0.0360. The minimum absolute atomic E-state index is 0.0360. The zero-order valence-corrected chi connectivity index (χ0v) is 20.5. The van der Waals surface area contributed by atoms with Crippen LogP contribution in [-0.4, -0.2) is 52.7 Å². The number of carbonyl (C=O) groups is 1. The molecular weight excluding hydrogens is 504 g/mol. The van der Waals surface area contributed by atoms with Crippen LogP contribution in [0.25, 0.3) is 16.7 Å². The van der Waals surface area contributed by atoms with Crippen molar-refractivity contribution < 1.29 is 9.90 Å². The molecule has 1 aliphatic rings. The van der Waals surface area contributed by atoms with Crippen LogP contribution in [0.4, 0.5) is 0 Å². The van der Waals surface area contributed by atoms with Crippen molar-refractivity contribution in [2.24, 2.45) is 0 Å². The molecule has 1 amide bonds. The number of amides is 1. The second-order valence-electron chi connectivity index (χ2n) is 8.47. The summed E-state index contributed by atoms with van der Waals surface area (Å²) in [5.41, 5.74) is 3.89. The molecule has 5 rings (SSSR count). The minimum atomic E-state index is -1.12. The molecule has 0 spiro atoms. The Bertz CT molecular complexity index is 1320. The predicted octanol–water partition coefficient (Wildman–Crippen LogP) is 3.79. The average molecular weight is 527 g/mol. The lowest BCUT2D eigenvalue weighted by atomic mass is 9.92. The first-order valence-corrected chi connectivity index (χ1v) is 12.3. The smallest absolute Gasteiger partial charge is 0.227 e. The molecule has 10 heteroatoms. The Hall–Kier alpha value is -2.69. The van der Waals surface area contributed by atoms with Gasteiger partial charge in [-0.1, -0.05) is 33.3 Å². The van der Waals surface area contributed by atoms with Gasteiger partial charge in [-0.15, -0.1) is 5.10 Å². The number of hydrogen-bond donors (Lipinski definition) is 1. The summed E-state index contributed by atoms with van der Waals surface area (Å²) in [5, 5.41) is 20.0. The number of aliphatic hydroxyl groups is 1. The molecule has 1 saturated heterocycles. The molecule has 0 bridgehead atoms. The number of rotatable bonds is 4. The summed E-state index contributed by atoms with van der Waals surface area (Å²) >= 11 is 4.64. The maximum Gasteiger partial charge on any atom is 0.227 e. The van der Waals surface area contributed by atoms with Gasteiger partial charge in [-0.2, -0.15) is 8.75 Å². The van der Waals surface area contributed by atoms with E-state index >= 15 is 0 Å². The molecule has 1 fully saturated rings. The van der Waals surface area contributed by atoms with E-state index in [2.05, 4.69) is 35.0 Å². The molecule has 1 aliphatic heterocycles. The number of aryl methyl sites for hydroxylation is 1. The Balaban J connectivity index is 1.30. The van der Waals surface area contributed by atoms with Gasteiger partial charge in [0.2, 0.25) is 5.91 Å². The summed E-state index contributed by atoms with van der Waals surface area (Å²) in [7, 11) is 0. The summed E-state index contributed by atoms with van der Waals surface area (Å²) in [6, 6.07) is 11.7. The standard InChI is InChI=1S/C23H23BrN6O2S/c1-15-12-17(24)6-7-19(15)30-14-20(25-28-30)23(32)8-3-10-29(11-9-23)21(31)13-16-4-2-5-18-22(16)27-33-26-18/h2,4-7,12,14,32H,3,8-11,13H2,1H3. The molecule has 1 N–H and O–H groups in total. The van der Waals surface area contributed by atoms with Gasteiger partial charge in [0.1, 0.15) is 22.3 Å². The lowest BCUT2D eigenvalue weighted by molar-refractivity contribution is -0.130. The van der Waals surface area contributed by atoms with E-state index in [9.17, 15) is 9.90 Å². The summed E-state index contributed by atoms with van der Waals surface area (Å²) in [6.45, 7) is 3.07. The highest BCUT2D eigenvalue weighted by molar-refractivity contribution is 9.10. The van der Waals surface area contributed by atoms with Gasteiger partial charge in [0, 0.05) is 17.6 Å². The minimum Gasteiger partial charge on any atom is -0.383 e. The zero-order valence-electron chi connectivity index (χ0n) is 18.1. The molecule has 1 unspecified atom stereocenters. The van der Waals surface area contributed by atoms with Gasteiger partial charge >= 0.3 is 0 Å². The summed E-state index contributed by atoms with van der Waals surface area (Å²) in [6.07, 6.45) is 3.71. The Morgan fingerprint density at radius 2 is 2.09 bits per heavy atom. The van der Waals surface area contributed by atoms with Crippen LogP contribution in [0.3, 0.4) is 0 Å². The van der Waals surface area contributed by atoms with Crippen LogP contribution in [-0.2, 0) is 16.8 Å². The third kappa shape index (κ3) is 4.42. The maximum absolute atomic E-state index is 13.1. The number of halogens is 1. The zero-order chi connectivity index (χ0) is 23.0. The van der Waals surface area contributed by atoms with Crippen LogP contribution in [0.5, 0.6) is 0 Å². The third-order valence-electron chi connectivity index (χ3n) is 6.25. The highest BCUT2D eigenvalue weighted by atomic mass is 79.9. The molecule has 33 heavy (non-hydrogen) atoms. The van der Waals surface area contributed by atoms with Crippen LogP contribution in [0.2, 0.25) is 0 Å². The van der Waals surface area contributed by atoms with E-state index in [-0.39, 0.29) is 12.3 Å². The number of benzene rings is 2. The highest BCUT2D eigenvalue weighted by Gasteiger charge is 2.36. The van der Waals surface area contributed by atoms with Gasteiger partial charge < -0.3 is 10.0 Å². The van der Waals surface area contributed by atoms with Gasteiger partial charge in [0.25, 0.3) is 0 Å². The fourth-order valence-corrected chi connectivity index (χ4v) is 5.42. The summed E-state index contributed by atoms with van der Waals surface area (Å²) < 4.78 is 11.3. The van der Waals surface area contributed by atoms with Crippen LogP contribution in [0, 0.1) is 6.92 Å². The highest BCUT2D eigenvalue weighted by Crippen LogP contribution is 2.32. The quantitative estimate of drug-likeness (QED) is 0.434. The van der Waals surface area contributed by atoms with Crippen molar-refractivity contribution >= 4 is 44.6 Å². The SMILES string of the molecule is Cc1cc(Br)ccc1-n1cc(C2(O)CCCN(C(=O)Cc3cccc4nsnc34)CC2)nn1. The van der Waals surface area contributed by atoms with E-state index in [1.165, 1.54) is 0 Å². The van der Waals surface area contributed by atoms with Gasteiger partial charge in [0.15, 0.2) is 0 Å². The van der Waals surface area contributed by atoms with E-state index in [0.29, 0.717) is 38.0 Å². The molecule has 1 atom stereocenters. The second-order valence-corrected chi connectivity index (χ2v) is 9.92. The fraction of sp³-hybridized carbons (Fsp3) is 0.348. The van der Waals surface area contributed by atoms with Crippen LogP contribution in [0.15, 0.2) is 47.1 Å². The lowest BCUT2D eigenvalue weighted by Gasteiger charge is -2.24.